The van der Waals surface area contributed by atoms with Crippen molar-refractivity contribution in [2.24, 2.45) is 23.7 Å². The van der Waals surface area contributed by atoms with Gasteiger partial charge in [-0.05, 0) is 64.2 Å². The van der Waals surface area contributed by atoms with Crippen LogP contribution in [0.4, 0.5) is 0 Å². The van der Waals surface area contributed by atoms with Gasteiger partial charge in [-0.15, -0.1) is 0 Å². The first-order valence-electron chi connectivity index (χ1n) is 12.5. The van der Waals surface area contributed by atoms with Gasteiger partial charge in [0.05, 0.1) is 8.07 Å². The molecule has 0 bridgehead atoms. The van der Waals surface area contributed by atoms with Crippen LogP contribution in [-0.2, 0) is 0 Å². The molecule has 0 nitrogen and oxygen atoms in total. The highest BCUT2D eigenvalue weighted by Crippen LogP contribution is 2.76. The zero-order chi connectivity index (χ0) is 18.9. The van der Waals surface area contributed by atoms with E-state index in [0.29, 0.717) is 0 Å². The van der Waals surface area contributed by atoms with E-state index in [1.165, 1.54) is 25.7 Å². The van der Waals surface area contributed by atoms with Crippen LogP contribution in [0, 0.1) is 23.7 Å². The molecule has 4 saturated carbocycles. The zero-order valence-corrected chi connectivity index (χ0v) is 19.9. The van der Waals surface area contributed by atoms with Gasteiger partial charge in [0.15, 0.2) is 0 Å². The maximum Gasteiger partial charge on any atom is 0.0554 e. The van der Waals surface area contributed by atoms with E-state index in [-0.39, 0.29) is 7.92 Å². The van der Waals surface area contributed by atoms with Crippen LogP contribution >= 0.6 is 7.92 Å². The molecule has 1 aliphatic heterocycles. The van der Waals surface area contributed by atoms with Gasteiger partial charge in [-0.25, -0.2) is 0 Å². The molecule has 4 aliphatic carbocycles. The molecule has 28 heavy (non-hydrogen) atoms. The van der Waals surface area contributed by atoms with Gasteiger partial charge in [-0.1, -0.05) is 103 Å². The molecular weight excluding hydrogens is 371 g/mol. The van der Waals surface area contributed by atoms with Crippen LogP contribution in [0.5, 0.6) is 0 Å². The summed E-state index contributed by atoms with van der Waals surface area (Å²) in [5, 5.41) is 1.80. The van der Waals surface area contributed by atoms with Crippen LogP contribution in [0.3, 0.4) is 0 Å². The van der Waals surface area contributed by atoms with Crippen molar-refractivity contribution in [1.29, 1.82) is 0 Å². The van der Waals surface area contributed by atoms with Crippen molar-refractivity contribution in [1.82, 2.24) is 0 Å². The quantitative estimate of drug-likeness (QED) is 0.334. The van der Waals surface area contributed by atoms with Gasteiger partial charge < -0.3 is 0 Å². The molecule has 0 amide bonds. The zero-order valence-electron chi connectivity index (χ0n) is 18.0. The second-order valence-corrected chi connectivity index (χ2v) is 19.3. The van der Waals surface area contributed by atoms with Gasteiger partial charge in [-0.2, -0.15) is 0 Å². The van der Waals surface area contributed by atoms with Crippen molar-refractivity contribution in [2.45, 2.75) is 99.7 Å². The van der Waals surface area contributed by atoms with E-state index in [1.807, 2.05) is 0 Å². The number of hydrogen-bond donors (Lipinski definition) is 0. The van der Waals surface area contributed by atoms with Crippen molar-refractivity contribution in [3.05, 3.63) is 30.3 Å². The van der Waals surface area contributed by atoms with Gasteiger partial charge in [0.1, 0.15) is 0 Å². The molecule has 6 unspecified atom stereocenters. The van der Waals surface area contributed by atoms with Crippen LogP contribution in [0.1, 0.15) is 64.2 Å². The summed E-state index contributed by atoms with van der Waals surface area (Å²) >= 11 is 0. The molecule has 1 saturated heterocycles. The number of fused-ring (bicyclic) bond motifs is 6. The first-order chi connectivity index (χ1) is 13.7. The summed E-state index contributed by atoms with van der Waals surface area (Å²) in [4.78, 5) is 0. The van der Waals surface area contributed by atoms with Gasteiger partial charge in [0.2, 0.25) is 0 Å². The van der Waals surface area contributed by atoms with E-state index >= 15 is 0 Å². The molecule has 2 heteroatoms. The fraction of sp³-hybridized carbons (Fsp3) is 0.769. The topological polar surface area (TPSA) is 0 Å². The molecule has 1 aromatic rings. The van der Waals surface area contributed by atoms with Crippen LogP contribution < -0.4 is 5.30 Å². The summed E-state index contributed by atoms with van der Waals surface area (Å²) in [5.74, 6) is 4.45. The van der Waals surface area contributed by atoms with E-state index < -0.39 is 8.07 Å². The summed E-state index contributed by atoms with van der Waals surface area (Å²) in [6.45, 7) is 5.79. The maximum absolute atomic E-state index is 2.90. The largest absolute Gasteiger partial charge is 0.0689 e. The molecule has 0 aromatic heterocycles. The molecule has 6 rings (SSSR count). The van der Waals surface area contributed by atoms with Gasteiger partial charge in [-0.3, -0.25) is 0 Å². The lowest BCUT2D eigenvalue weighted by atomic mass is 9.81. The van der Waals surface area contributed by atoms with E-state index in [9.17, 15) is 0 Å². The van der Waals surface area contributed by atoms with Gasteiger partial charge in [0, 0.05) is 0 Å². The highest BCUT2D eigenvalue weighted by atomic mass is 31.1. The minimum atomic E-state index is -1.23. The molecule has 0 radical (unpaired) electrons. The number of rotatable bonds is 1. The van der Waals surface area contributed by atoms with E-state index in [0.717, 1.165) is 46.1 Å². The fourth-order valence-corrected chi connectivity index (χ4v) is 22.6. The Bertz CT molecular complexity index is 674. The van der Waals surface area contributed by atoms with Crippen molar-refractivity contribution in [3.8, 4) is 0 Å². The van der Waals surface area contributed by atoms with E-state index in [2.05, 4.69) is 43.4 Å². The fourth-order valence-electron chi connectivity index (χ4n) is 9.61. The second-order valence-electron chi connectivity index (χ2n) is 11.6. The lowest BCUT2D eigenvalue weighted by Gasteiger charge is -2.55. The molecular formula is C26H39PSi. The highest BCUT2D eigenvalue weighted by molar-refractivity contribution is 7.67. The van der Waals surface area contributed by atoms with Crippen molar-refractivity contribution in [2.75, 3.05) is 0 Å². The third-order valence-corrected chi connectivity index (χ3v) is 19.3. The van der Waals surface area contributed by atoms with Gasteiger partial charge in [0.25, 0.3) is 0 Å². The Balaban J connectivity index is 1.47. The van der Waals surface area contributed by atoms with Crippen LogP contribution in [0.25, 0.3) is 0 Å². The smallest absolute Gasteiger partial charge is 0.0554 e. The minimum absolute atomic E-state index is 0.0549. The summed E-state index contributed by atoms with van der Waals surface area (Å²) in [5.41, 5.74) is 4.50. The molecule has 0 N–H and O–H groups in total. The predicted octanol–water partition coefficient (Wildman–Crippen LogP) is 7.41. The summed E-state index contributed by atoms with van der Waals surface area (Å²) in [6, 6.07) is 12.0. The monoisotopic (exact) mass is 410 g/mol. The third kappa shape index (κ3) is 2.64. The number of benzene rings is 1. The molecule has 0 spiro atoms. The minimum Gasteiger partial charge on any atom is -0.0689 e. The summed E-state index contributed by atoms with van der Waals surface area (Å²) in [6.07, 6.45) is 15.7. The molecule has 152 valence electrons. The standard InChI is InChI=1S/C26H39PSi/c1-28(2)25-21-14-8-6-10-18(21)16-23(25)27(20-12-4-3-5-13-20)24-17-19-11-7-9-15-22(19)26(24)28/h3-5,12-13,18-19,21-26H,6-11,14-17H2,1-2H3/t18?,19?,21-,22-,23?,24?,25?,26?,27?/m1/s1. The summed E-state index contributed by atoms with van der Waals surface area (Å²) in [7, 11) is -1.17. The Morgan fingerprint density at radius 1 is 0.714 bits per heavy atom. The lowest BCUT2D eigenvalue weighted by molar-refractivity contribution is 0.263. The molecule has 5 fully saturated rings. The molecule has 5 aliphatic rings. The van der Waals surface area contributed by atoms with Crippen molar-refractivity contribution < 1.29 is 0 Å². The Kier molecular flexibility index (Phi) is 4.62. The summed E-state index contributed by atoms with van der Waals surface area (Å²) < 4.78 is 0. The van der Waals surface area contributed by atoms with Crippen LogP contribution in [0.2, 0.25) is 24.2 Å². The Morgan fingerprint density at radius 2 is 1.21 bits per heavy atom. The molecule has 1 aromatic carbocycles. The normalized spacial score (nSPS) is 49.0. The Hall–Kier alpha value is -0.133. The third-order valence-electron chi connectivity index (χ3n) is 10.3. The lowest BCUT2D eigenvalue weighted by Crippen LogP contribution is -2.53. The SMILES string of the molecule is C[Si]1(C)C2C(CC3CCCC[C@H]32)P(c2ccccc2)C2CC3CCCC[C@H]3C21. The first-order valence-corrected chi connectivity index (χ1v) is 17.1. The maximum atomic E-state index is 2.90. The van der Waals surface area contributed by atoms with Crippen molar-refractivity contribution >= 4 is 21.3 Å². The first kappa shape index (κ1) is 18.6. The predicted molar refractivity (Wildman–Crippen MR) is 126 cm³/mol. The average Bonchev–Trinajstić information content (AvgIpc) is 3.28. The Morgan fingerprint density at radius 3 is 1.75 bits per heavy atom. The number of hydrogen-bond acceptors (Lipinski definition) is 0. The molecule has 8 atom stereocenters. The average molecular weight is 411 g/mol. The van der Waals surface area contributed by atoms with E-state index in [4.69, 9.17) is 0 Å². The van der Waals surface area contributed by atoms with E-state index in [1.54, 1.807) is 43.8 Å². The van der Waals surface area contributed by atoms with Gasteiger partial charge >= 0.3 is 0 Å². The molecule has 1 heterocycles. The van der Waals surface area contributed by atoms with Crippen LogP contribution in [-0.4, -0.2) is 19.4 Å². The Labute approximate surface area is 175 Å². The van der Waals surface area contributed by atoms with Crippen molar-refractivity contribution in [3.63, 3.8) is 0 Å². The second kappa shape index (κ2) is 6.95. The highest BCUT2D eigenvalue weighted by Gasteiger charge is 2.65. The van der Waals surface area contributed by atoms with Crippen LogP contribution in [0.15, 0.2) is 30.3 Å².